The van der Waals surface area contributed by atoms with Crippen molar-refractivity contribution < 1.29 is 0 Å². The Hall–Kier alpha value is -1.81. The maximum Gasteiger partial charge on any atom is 0.260 e. The Labute approximate surface area is 88.9 Å². The number of hydrogen-bond donors (Lipinski definition) is 2. The van der Waals surface area contributed by atoms with Gasteiger partial charge in [0.25, 0.3) is 5.56 Å². The lowest BCUT2D eigenvalue weighted by Gasteiger charge is -1.90. The predicted octanol–water partition coefficient (Wildman–Crippen LogP) is 2.06. The third-order valence-electron chi connectivity index (χ3n) is 2.36. The van der Waals surface area contributed by atoms with E-state index >= 15 is 0 Å². The monoisotopic (exact) mass is 219 g/mol. The molecule has 0 saturated carbocycles. The van der Waals surface area contributed by atoms with E-state index in [1.807, 2.05) is 6.07 Å². The number of fused-ring (bicyclic) bond motifs is 3. The molecule has 0 spiro atoms. The summed E-state index contributed by atoms with van der Waals surface area (Å²) in [7, 11) is 0. The van der Waals surface area contributed by atoms with E-state index < -0.39 is 0 Å². The van der Waals surface area contributed by atoms with Crippen molar-refractivity contribution in [1.82, 2.24) is 15.0 Å². The van der Waals surface area contributed by atoms with Crippen LogP contribution in [0.4, 0.5) is 0 Å². The molecule has 0 bridgehead atoms. The Kier molecular flexibility index (Phi) is 1.61. The quantitative estimate of drug-likeness (QED) is 0.608. The zero-order chi connectivity index (χ0) is 10.4. The van der Waals surface area contributed by atoms with Gasteiger partial charge in [0.05, 0.1) is 11.7 Å². The molecule has 4 nitrogen and oxygen atoms in total. The lowest BCUT2D eigenvalue weighted by molar-refractivity contribution is 1.16. The van der Waals surface area contributed by atoms with Crippen LogP contribution in [0.15, 0.2) is 29.3 Å². The first-order valence-corrected chi connectivity index (χ1v) is 4.78. The second-order valence-electron chi connectivity index (χ2n) is 3.27. The predicted molar refractivity (Wildman–Crippen MR) is 59.2 cm³/mol. The van der Waals surface area contributed by atoms with E-state index in [2.05, 4.69) is 15.0 Å². The number of halogens is 1. The molecular weight excluding hydrogens is 214 g/mol. The normalized spacial score (nSPS) is 11.3. The third kappa shape index (κ3) is 1.15. The van der Waals surface area contributed by atoms with Crippen LogP contribution in [0, 0.1) is 0 Å². The highest BCUT2D eigenvalue weighted by Crippen LogP contribution is 2.23. The van der Waals surface area contributed by atoms with Crippen LogP contribution in [0.1, 0.15) is 0 Å². The summed E-state index contributed by atoms with van der Waals surface area (Å²) < 4.78 is 0. The number of benzene rings is 1. The van der Waals surface area contributed by atoms with Crippen molar-refractivity contribution in [3.8, 4) is 0 Å². The lowest BCUT2D eigenvalue weighted by atomic mass is 10.2. The lowest BCUT2D eigenvalue weighted by Crippen LogP contribution is -2.04. The van der Waals surface area contributed by atoms with Crippen LogP contribution in [-0.2, 0) is 0 Å². The van der Waals surface area contributed by atoms with Crippen LogP contribution in [0.3, 0.4) is 0 Å². The number of aromatic nitrogens is 3. The first kappa shape index (κ1) is 8.49. The molecule has 0 radical (unpaired) electrons. The summed E-state index contributed by atoms with van der Waals surface area (Å²) in [6, 6.07) is 5.36. The van der Waals surface area contributed by atoms with Crippen molar-refractivity contribution in [3.63, 3.8) is 0 Å². The van der Waals surface area contributed by atoms with Gasteiger partial charge in [-0.1, -0.05) is 11.6 Å². The fraction of sp³-hybridized carbons (Fsp3) is 0. The van der Waals surface area contributed by atoms with Gasteiger partial charge in [-0.3, -0.25) is 4.79 Å². The van der Waals surface area contributed by atoms with E-state index in [0.717, 1.165) is 10.9 Å². The number of aromatic amines is 2. The average Bonchev–Trinajstić information content (AvgIpc) is 2.57. The maximum absolute atomic E-state index is 11.6. The smallest absolute Gasteiger partial charge is 0.260 e. The summed E-state index contributed by atoms with van der Waals surface area (Å²) >= 11 is 5.88. The van der Waals surface area contributed by atoms with Gasteiger partial charge >= 0.3 is 0 Å². The van der Waals surface area contributed by atoms with Crippen molar-refractivity contribution in [2.75, 3.05) is 0 Å². The molecular formula is C10H6ClN3O. The topological polar surface area (TPSA) is 61.5 Å². The van der Waals surface area contributed by atoms with E-state index in [0.29, 0.717) is 16.1 Å². The highest BCUT2D eigenvalue weighted by molar-refractivity contribution is 6.31. The maximum atomic E-state index is 11.6. The molecule has 3 aromatic rings. The molecule has 0 aliphatic carbocycles. The van der Waals surface area contributed by atoms with Gasteiger partial charge in [0.15, 0.2) is 0 Å². The molecule has 3 rings (SSSR count). The minimum absolute atomic E-state index is 0.159. The summed E-state index contributed by atoms with van der Waals surface area (Å²) in [5, 5.41) is 1.95. The van der Waals surface area contributed by atoms with Crippen LogP contribution in [0.2, 0.25) is 5.02 Å². The second kappa shape index (κ2) is 2.84. The molecule has 0 aliphatic heterocycles. The Morgan fingerprint density at radius 1 is 1.33 bits per heavy atom. The fourth-order valence-electron chi connectivity index (χ4n) is 1.70. The van der Waals surface area contributed by atoms with Crippen LogP contribution in [-0.4, -0.2) is 15.0 Å². The SMILES string of the molecule is O=c1[nH]cnc2[nH]c3ccc(Cl)cc3c12. The van der Waals surface area contributed by atoms with Gasteiger partial charge in [-0.05, 0) is 18.2 Å². The van der Waals surface area contributed by atoms with E-state index in [-0.39, 0.29) is 5.56 Å². The highest BCUT2D eigenvalue weighted by Gasteiger charge is 2.08. The molecule has 2 heterocycles. The zero-order valence-corrected chi connectivity index (χ0v) is 8.30. The van der Waals surface area contributed by atoms with E-state index in [9.17, 15) is 4.79 Å². The molecule has 0 saturated heterocycles. The summed E-state index contributed by atoms with van der Waals surface area (Å²) in [4.78, 5) is 21.3. The highest BCUT2D eigenvalue weighted by atomic mass is 35.5. The molecule has 5 heteroatoms. The third-order valence-corrected chi connectivity index (χ3v) is 2.59. The average molecular weight is 220 g/mol. The molecule has 1 aromatic carbocycles. The first-order valence-electron chi connectivity index (χ1n) is 4.40. The van der Waals surface area contributed by atoms with Crippen molar-refractivity contribution in [2.45, 2.75) is 0 Å². The van der Waals surface area contributed by atoms with Gasteiger partial charge in [0.1, 0.15) is 5.65 Å². The molecule has 74 valence electrons. The minimum atomic E-state index is -0.159. The fourth-order valence-corrected chi connectivity index (χ4v) is 1.88. The minimum Gasteiger partial charge on any atom is -0.339 e. The molecule has 15 heavy (non-hydrogen) atoms. The van der Waals surface area contributed by atoms with Crippen molar-refractivity contribution in [2.24, 2.45) is 0 Å². The van der Waals surface area contributed by atoms with Crippen LogP contribution in [0.5, 0.6) is 0 Å². The van der Waals surface area contributed by atoms with Gasteiger partial charge in [-0.2, -0.15) is 0 Å². The van der Waals surface area contributed by atoms with Crippen molar-refractivity contribution in [3.05, 3.63) is 39.9 Å². The summed E-state index contributed by atoms with van der Waals surface area (Å²) in [5.41, 5.74) is 1.28. The molecule has 0 fully saturated rings. The van der Waals surface area contributed by atoms with Gasteiger partial charge < -0.3 is 9.97 Å². The number of nitrogens with zero attached hydrogens (tertiary/aromatic N) is 1. The van der Waals surface area contributed by atoms with Crippen LogP contribution >= 0.6 is 11.6 Å². The first-order chi connectivity index (χ1) is 7.25. The Balaban J connectivity index is 2.67. The van der Waals surface area contributed by atoms with Gasteiger partial charge in [-0.25, -0.2) is 4.98 Å². The Morgan fingerprint density at radius 2 is 2.20 bits per heavy atom. The second-order valence-corrected chi connectivity index (χ2v) is 3.71. The van der Waals surface area contributed by atoms with Crippen molar-refractivity contribution in [1.29, 1.82) is 0 Å². The largest absolute Gasteiger partial charge is 0.339 e. The van der Waals surface area contributed by atoms with Gasteiger partial charge in [-0.15, -0.1) is 0 Å². The Morgan fingerprint density at radius 3 is 3.07 bits per heavy atom. The molecule has 2 N–H and O–H groups in total. The van der Waals surface area contributed by atoms with Crippen LogP contribution < -0.4 is 5.56 Å². The Bertz CT molecular complexity index is 713. The number of rotatable bonds is 0. The van der Waals surface area contributed by atoms with E-state index in [1.165, 1.54) is 6.33 Å². The zero-order valence-electron chi connectivity index (χ0n) is 7.54. The summed E-state index contributed by atoms with van der Waals surface area (Å²) in [5.74, 6) is 0. The van der Waals surface area contributed by atoms with E-state index in [1.54, 1.807) is 12.1 Å². The molecule has 0 amide bonds. The molecule has 0 unspecified atom stereocenters. The summed E-state index contributed by atoms with van der Waals surface area (Å²) in [6.45, 7) is 0. The van der Waals surface area contributed by atoms with Gasteiger partial charge in [0, 0.05) is 15.9 Å². The molecule has 0 aliphatic rings. The van der Waals surface area contributed by atoms with Gasteiger partial charge in [0.2, 0.25) is 0 Å². The standard InChI is InChI=1S/C10H6ClN3O/c11-5-1-2-7-6(3-5)8-9(14-7)12-4-13-10(8)15/h1-4H,(H2,12,13,14,15). The number of nitrogens with one attached hydrogen (secondary N) is 2. The number of H-pyrrole nitrogens is 2. The van der Waals surface area contributed by atoms with E-state index in [4.69, 9.17) is 11.6 Å². The number of hydrogen-bond acceptors (Lipinski definition) is 2. The van der Waals surface area contributed by atoms with Crippen LogP contribution in [0.25, 0.3) is 21.9 Å². The molecule has 0 atom stereocenters. The molecule has 2 aromatic heterocycles. The summed E-state index contributed by atoms with van der Waals surface area (Å²) in [6.07, 6.45) is 1.38. The van der Waals surface area contributed by atoms with Crippen molar-refractivity contribution >= 4 is 33.5 Å².